The molecule has 0 aromatic rings. The van der Waals surface area contributed by atoms with Crippen LogP contribution >= 0.6 is 0 Å². The lowest BCUT2D eigenvalue weighted by atomic mass is 9.92. The quantitative estimate of drug-likeness (QED) is 0.266. The molecule has 0 aliphatic heterocycles. The first kappa shape index (κ1) is 16.4. The van der Waals surface area contributed by atoms with Gasteiger partial charge in [0.05, 0.1) is 6.54 Å². The second kappa shape index (κ2) is 9.46. The molecule has 0 aliphatic carbocycles. The summed E-state index contributed by atoms with van der Waals surface area (Å²) in [7, 11) is 0. The number of unbranched alkanes of at least 4 members (excludes halogenated alkanes) is 1. The maximum absolute atomic E-state index is 11.2. The molecule has 8 heteroatoms. The molecule has 8 nitrogen and oxygen atoms in total. The van der Waals surface area contributed by atoms with Gasteiger partial charge < -0.3 is 14.6 Å². The van der Waals surface area contributed by atoms with Crippen LogP contribution in [0.4, 0.5) is 0 Å². The number of carbonyl (C=O) groups is 1. The summed E-state index contributed by atoms with van der Waals surface area (Å²) >= 11 is 0. The van der Waals surface area contributed by atoms with Crippen LogP contribution < -0.4 is 0 Å². The van der Waals surface area contributed by atoms with E-state index >= 15 is 0 Å². The number of hydrogen-bond acceptors (Lipinski definition) is 7. The molecule has 1 unspecified atom stereocenters. The Bertz CT molecular complexity index is 419. The number of nitriles is 2. The monoisotopic (exact) mass is 267 g/mol. The molecule has 0 fully saturated rings. The first-order valence-corrected chi connectivity index (χ1v) is 5.48. The van der Waals surface area contributed by atoms with Gasteiger partial charge in [-0.2, -0.15) is 10.5 Å². The van der Waals surface area contributed by atoms with Crippen LogP contribution in [0.15, 0.2) is 4.99 Å². The van der Waals surface area contributed by atoms with E-state index in [0.717, 1.165) is 0 Å². The second-order valence-electron chi connectivity index (χ2n) is 3.61. The Balaban J connectivity index is 4.54. The number of aliphatic carboxylic acids is 1. The molecule has 0 heterocycles. The molecule has 0 saturated carbocycles. The summed E-state index contributed by atoms with van der Waals surface area (Å²) < 4.78 is 9.10. The SMILES string of the molecule is N#COCCCCC(CCN=C=O)(OC#N)C(=O)O. The maximum atomic E-state index is 11.2. The number of rotatable bonds is 10. The Morgan fingerprint density at radius 1 is 1.26 bits per heavy atom. The zero-order valence-corrected chi connectivity index (χ0v) is 10.2. The third kappa shape index (κ3) is 6.06. The second-order valence-corrected chi connectivity index (χ2v) is 3.61. The van der Waals surface area contributed by atoms with E-state index in [4.69, 9.17) is 15.6 Å². The Hall–Kier alpha value is -2.57. The number of ether oxygens (including phenoxy) is 2. The molecule has 0 aromatic carbocycles. The minimum atomic E-state index is -1.71. The lowest BCUT2D eigenvalue weighted by Crippen LogP contribution is -2.41. The standard InChI is InChI=1S/C11H13N3O5/c12-7-18-6-2-1-3-11(10(16)17,19-8-13)4-5-14-9-15/h1-6H2,(H,16,17). The number of isocyanates is 1. The van der Waals surface area contributed by atoms with Crippen LogP contribution in [0.3, 0.4) is 0 Å². The van der Waals surface area contributed by atoms with Crippen molar-refractivity contribution in [3.05, 3.63) is 0 Å². The first-order chi connectivity index (χ1) is 9.13. The summed E-state index contributed by atoms with van der Waals surface area (Å²) in [6, 6.07) is 0. The van der Waals surface area contributed by atoms with Crippen LogP contribution in [0.2, 0.25) is 0 Å². The predicted octanol–water partition coefficient (Wildman–Crippen LogP) is 0.701. The average molecular weight is 267 g/mol. The molecule has 19 heavy (non-hydrogen) atoms. The average Bonchev–Trinajstić information content (AvgIpc) is 2.38. The van der Waals surface area contributed by atoms with Gasteiger partial charge in [0.2, 0.25) is 11.7 Å². The largest absolute Gasteiger partial charge is 0.478 e. The van der Waals surface area contributed by atoms with Crippen molar-refractivity contribution in [2.24, 2.45) is 4.99 Å². The lowest BCUT2D eigenvalue weighted by Gasteiger charge is -2.25. The third-order valence-electron chi connectivity index (χ3n) is 2.46. The van der Waals surface area contributed by atoms with Crippen molar-refractivity contribution < 1.29 is 24.2 Å². The van der Waals surface area contributed by atoms with Gasteiger partial charge in [0.15, 0.2) is 0 Å². The van der Waals surface area contributed by atoms with Crippen LogP contribution in [0.25, 0.3) is 0 Å². The number of hydrogen-bond donors (Lipinski definition) is 1. The topological polar surface area (TPSA) is 133 Å². The molecule has 0 radical (unpaired) electrons. The van der Waals surface area contributed by atoms with Crippen molar-refractivity contribution in [3.63, 3.8) is 0 Å². The van der Waals surface area contributed by atoms with Gasteiger partial charge in [0.1, 0.15) is 6.61 Å². The van der Waals surface area contributed by atoms with Crippen molar-refractivity contribution in [2.75, 3.05) is 13.2 Å². The number of aliphatic imine (C=N–C) groups is 1. The molecule has 0 amide bonds. The fourth-order valence-corrected chi connectivity index (χ4v) is 1.48. The van der Waals surface area contributed by atoms with Gasteiger partial charge >= 0.3 is 5.97 Å². The number of carboxylic acids is 1. The van der Waals surface area contributed by atoms with Crippen LogP contribution in [0, 0.1) is 23.0 Å². The summed E-state index contributed by atoms with van der Waals surface area (Å²) in [4.78, 5) is 24.4. The normalized spacial score (nSPS) is 12.1. The maximum Gasteiger partial charge on any atom is 0.349 e. The van der Waals surface area contributed by atoms with Crippen molar-refractivity contribution in [1.29, 1.82) is 10.5 Å². The Labute approximate surface area is 109 Å². The molecule has 102 valence electrons. The van der Waals surface area contributed by atoms with Crippen molar-refractivity contribution >= 4 is 12.0 Å². The summed E-state index contributed by atoms with van der Waals surface area (Å²) in [6.07, 6.45) is 4.94. The van der Waals surface area contributed by atoms with E-state index in [1.807, 2.05) is 0 Å². The lowest BCUT2D eigenvalue weighted by molar-refractivity contribution is -0.159. The van der Waals surface area contributed by atoms with Gasteiger partial charge in [-0.15, -0.1) is 0 Å². The van der Waals surface area contributed by atoms with Crippen molar-refractivity contribution in [3.8, 4) is 12.5 Å². The number of carbonyl (C=O) groups excluding carboxylic acids is 1. The number of carboxylic acid groups (broad SMARTS) is 1. The molecular weight excluding hydrogens is 254 g/mol. The van der Waals surface area contributed by atoms with Gasteiger partial charge in [-0.05, 0) is 19.3 Å². The third-order valence-corrected chi connectivity index (χ3v) is 2.46. The molecule has 0 spiro atoms. The first-order valence-electron chi connectivity index (χ1n) is 5.48. The summed E-state index contributed by atoms with van der Waals surface area (Å²) in [6.45, 7) is 0.0808. The van der Waals surface area contributed by atoms with Gasteiger partial charge in [-0.25, -0.2) is 14.6 Å². The summed E-state index contributed by atoms with van der Waals surface area (Å²) in [5.41, 5.74) is -1.71. The fraction of sp³-hybridized carbons (Fsp3) is 0.636. The molecule has 0 aromatic heterocycles. The minimum absolute atomic E-state index is 0.0546. The van der Waals surface area contributed by atoms with E-state index in [0.29, 0.717) is 12.8 Å². The van der Waals surface area contributed by atoms with Gasteiger partial charge in [0, 0.05) is 6.42 Å². The van der Waals surface area contributed by atoms with E-state index in [1.165, 1.54) is 18.6 Å². The predicted molar refractivity (Wildman–Crippen MR) is 60.1 cm³/mol. The van der Waals surface area contributed by atoms with Gasteiger partial charge in [-0.1, -0.05) is 0 Å². The van der Waals surface area contributed by atoms with Crippen molar-refractivity contribution in [1.82, 2.24) is 0 Å². The Kier molecular flexibility index (Phi) is 8.18. The highest BCUT2D eigenvalue weighted by Gasteiger charge is 2.40. The molecule has 0 aliphatic rings. The summed E-state index contributed by atoms with van der Waals surface area (Å²) in [5.74, 6) is -1.30. The molecular formula is C11H13N3O5. The highest BCUT2D eigenvalue weighted by Crippen LogP contribution is 2.24. The van der Waals surface area contributed by atoms with Crippen molar-refractivity contribution in [2.45, 2.75) is 31.3 Å². The minimum Gasteiger partial charge on any atom is -0.478 e. The Morgan fingerprint density at radius 2 is 2.00 bits per heavy atom. The molecule has 0 bridgehead atoms. The highest BCUT2D eigenvalue weighted by atomic mass is 16.5. The number of nitrogens with zero attached hydrogens (tertiary/aromatic N) is 3. The van der Waals surface area contributed by atoms with Crippen LogP contribution in [0.1, 0.15) is 25.7 Å². The van der Waals surface area contributed by atoms with Crippen LogP contribution in [-0.4, -0.2) is 35.9 Å². The van der Waals surface area contributed by atoms with E-state index in [2.05, 4.69) is 14.5 Å². The molecule has 0 saturated heterocycles. The fourth-order valence-electron chi connectivity index (χ4n) is 1.48. The van der Waals surface area contributed by atoms with Crippen LogP contribution in [0.5, 0.6) is 0 Å². The van der Waals surface area contributed by atoms with Crippen LogP contribution in [-0.2, 0) is 19.1 Å². The van der Waals surface area contributed by atoms with Gasteiger partial charge in [-0.3, -0.25) is 0 Å². The van der Waals surface area contributed by atoms with E-state index in [1.54, 1.807) is 0 Å². The zero-order chi connectivity index (χ0) is 14.6. The highest BCUT2D eigenvalue weighted by molar-refractivity contribution is 5.77. The molecule has 1 N–H and O–H groups in total. The summed E-state index contributed by atoms with van der Waals surface area (Å²) in [5, 5.41) is 25.9. The van der Waals surface area contributed by atoms with E-state index in [-0.39, 0.29) is 26.0 Å². The van der Waals surface area contributed by atoms with Gasteiger partial charge in [0.25, 0.3) is 12.5 Å². The molecule has 0 rings (SSSR count). The molecule has 1 atom stereocenters. The van der Waals surface area contributed by atoms with E-state index < -0.39 is 11.6 Å². The van der Waals surface area contributed by atoms with E-state index in [9.17, 15) is 9.59 Å². The smallest absolute Gasteiger partial charge is 0.349 e. The Morgan fingerprint density at radius 3 is 2.53 bits per heavy atom. The zero-order valence-electron chi connectivity index (χ0n) is 10.2.